The highest BCUT2D eigenvalue weighted by Gasteiger charge is 2.22. The molecular formula is C23H24FN5. The van der Waals surface area contributed by atoms with Gasteiger partial charge in [-0.3, -0.25) is 0 Å². The minimum absolute atomic E-state index is 0.181. The molecule has 2 aromatic carbocycles. The molecule has 3 aromatic rings. The number of anilines is 3. The lowest BCUT2D eigenvalue weighted by Crippen LogP contribution is -2.47. The minimum Gasteiger partial charge on any atom is -0.366 e. The van der Waals surface area contributed by atoms with E-state index in [-0.39, 0.29) is 5.82 Å². The number of aromatic nitrogens is 2. The predicted octanol–water partition coefficient (Wildman–Crippen LogP) is 4.21. The normalized spacial score (nSPS) is 14.0. The van der Waals surface area contributed by atoms with Crippen molar-refractivity contribution in [2.75, 3.05) is 47.8 Å². The fourth-order valence-electron chi connectivity index (χ4n) is 3.46. The van der Waals surface area contributed by atoms with E-state index in [1.807, 2.05) is 48.5 Å². The fourth-order valence-corrected chi connectivity index (χ4v) is 3.46. The van der Waals surface area contributed by atoms with Crippen LogP contribution in [0.2, 0.25) is 0 Å². The summed E-state index contributed by atoms with van der Waals surface area (Å²) in [6.07, 6.45) is 1.80. The van der Waals surface area contributed by atoms with Gasteiger partial charge in [-0.05, 0) is 12.1 Å². The summed E-state index contributed by atoms with van der Waals surface area (Å²) in [5, 5.41) is 3.27. The zero-order chi connectivity index (χ0) is 20.1. The lowest BCUT2D eigenvalue weighted by atomic mass is 10.1. The van der Waals surface area contributed by atoms with Gasteiger partial charge in [0.2, 0.25) is 5.95 Å². The Kier molecular flexibility index (Phi) is 5.70. The van der Waals surface area contributed by atoms with Gasteiger partial charge in [0.1, 0.15) is 11.6 Å². The minimum atomic E-state index is -0.181. The van der Waals surface area contributed by atoms with Crippen LogP contribution in [0.3, 0.4) is 0 Å². The molecule has 4 rings (SSSR count). The van der Waals surface area contributed by atoms with Crippen LogP contribution in [0, 0.1) is 5.82 Å². The van der Waals surface area contributed by atoms with Gasteiger partial charge in [-0.2, -0.15) is 4.98 Å². The van der Waals surface area contributed by atoms with E-state index in [1.54, 1.807) is 12.1 Å². The first-order valence-corrected chi connectivity index (χ1v) is 9.78. The molecule has 2 heterocycles. The molecule has 0 saturated carbocycles. The molecule has 29 heavy (non-hydrogen) atoms. The highest BCUT2D eigenvalue weighted by molar-refractivity contribution is 5.65. The van der Waals surface area contributed by atoms with Crippen LogP contribution >= 0.6 is 0 Å². The molecule has 5 nitrogen and oxygen atoms in total. The van der Waals surface area contributed by atoms with E-state index in [4.69, 9.17) is 9.97 Å². The topological polar surface area (TPSA) is 44.3 Å². The highest BCUT2D eigenvalue weighted by atomic mass is 19.1. The van der Waals surface area contributed by atoms with Crippen molar-refractivity contribution in [3.63, 3.8) is 0 Å². The van der Waals surface area contributed by atoms with Gasteiger partial charge in [0, 0.05) is 44.4 Å². The van der Waals surface area contributed by atoms with Crippen molar-refractivity contribution in [1.82, 2.24) is 9.97 Å². The lowest BCUT2D eigenvalue weighted by molar-refractivity contribution is 0.594. The van der Waals surface area contributed by atoms with E-state index >= 15 is 0 Å². The standard InChI is InChI=1S/C23H24FN5/c1-2-12-25-22-17-20(18-8-4-3-5-9-18)26-23(27-22)29-15-13-28(14-16-29)21-11-7-6-10-19(21)24/h2-11,17H,1,12-16H2,(H,25,26,27). The number of hydrogen-bond acceptors (Lipinski definition) is 5. The molecular weight excluding hydrogens is 365 g/mol. The molecule has 1 N–H and O–H groups in total. The second-order valence-corrected chi connectivity index (χ2v) is 6.90. The van der Waals surface area contributed by atoms with Gasteiger partial charge in [0.05, 0.1) is 11.4 Å². The Morgan fingerprint density at radius 3 is 2.34 bits per heavy atom. The number of rotatable bonds is 6. The van der Waals surface area contributed by atoms with Gasteiger partial charge in [-0.15, -0.1) is 6.58 Å². The zero-order valence-corrected chi connectivity index (χ0v) is 16.3. The summed E-state index contributed by atoms with van der Waals surface area (Å²) in [5.74, 6) is 1.27. The largest absolute Gasteiger partial charge is 0.366 e. The predicted molar refractivity (Wildman–Crippen MR) is 117 cm³/mol. The number of nitrogens with zero attached hydrogens (tertiary/aromatic N) is 4. The maximum Gasteiger partial charge on any atom is 0.227 e. The Morgan fingerprint density at radius 1 is 0.931 bits per heavy atom. The molecule has 1 aromatic heterocycles. The first kappa shape index (κ1) is 18.9. The van der Waals surface area contributed by atoms with E-state index < -0.39 is 0 Å². The Labute approximate surface area is 170 Å². The number of hydrogen-bond donors (Lipinski definition) is 1. The molecule has 0 aliphatic carbocycles. The van der Waals surface area contributed by atoms with Crippen LogP contribution in [-0.4, -0.2) is 42.7 Å². The smallest absolute Gasteiger partial charge is 0.227 e. The Balaban J connectivity index is 1.56. The van der Waals surface area contributed by atoms with Crippen LogP contribution in [-0.2, 0) is 0 Å². The summed E-state index contributed by atoms with van der Waals surface area (Å²) in [4.78, 5) is 13.7. The summed E-state index contributed by atoms with van der Waals surface area (Å²) in [5.41, 5.74) is 2.57. The maximum absolute atomic E-state index is 14.1. The van der Waals surface area contributed by atoms with Gasteiger partial charge in [0.15, 0.2) is 0 Å². The van der Waals surface area contributed by atoms with Gasteiger partial charge in [-0.25, -0.2) is 9.37 Å². The van der Waals surface area contributed by atoms with E-state index in [0.29, 0.717) is 18.2 Å². The summed E-state index contributed by atoms with van der Waals surface area (Å²) in [6.45, 7) is 7.29. The van der Waals surface area contributed by atoms with Crippen molar-refractivity contribution in [3.05, 3.63) is 79.1 Å². The average molecular weight is 389 g/mol. The lowest BCUT2D eigenvalue weighted by Gasteiger charge is -2.36. The molecule has 0 radical (unpaired) electrons. The van der Waals surface area contributed by atoms with E-state index in [2.05, 4.69) is 21.7 Å². The summed E-state index contributed by atoms with van der Waals surface area (Å²) >= 11 is 0. The van der Waals surface area contributed by atoms with Gasteiger partial charge < -0.3 is 15.1 Å². The van der Waals surface area contributed by atoms with Gasteiger partial charge in [-0.1, -0.05) is 48.5 Å². The quantitative estimate of drug-likeness (QED) is 0.640. The Hall–Kier alpha value is -3.41. The van der Waals surface area contributed by atoms with Crippen LogP contribution < -0.4 is 15.1 Å². The monoisotopic (exact) mass is 389 g/mol. The first-order chi connectivity index (χ1) is 14.2. The van der Waals surface area contributed by atoms with Crippen LogP contribution in [0.1, 0.15) is 0 Å². The third kappa shape index (κ3) is 4.37. The second-order valence-electron chi connectivity index (χ2n) is 6.90. The number of para-hydroxylation sites is 1. The van der Waals surface area contributed by atoms with E-state index in [1.165, 1.54) is 6.07 Å². The average Bonchev–Trinajstić information content (AvgIpc) is 2.78. The molecule has 0 spiro atoms. The molecule has 0 amide bonds. The molecule has 0 atom stereocenters. The van der Waals surface area contributed by atoms with Gasteiger partial charge >= 0.3 is 0 Å². The Bertz CT molecular complexity index is 968. The zero-order valence-electron chi connectivity index (χ0n) is 16.3. The molecule has 6 heteroatoms. The summed E-state index contributed by atoms with van der Waals surface area (Å²) < 4.78 is 14.1. The van der Waals surface area contributed by atoms with E-state index in [9.17, 15) is 4.39 Å². The van der Waals surface area contributed by atoms with Crippen LogP contribution in [0.5, 0.6) is 0 Å². The highest BCUT2D eigenvalue weighted by Crippen LogP contribution is 2.25. The van der Waals surface area contributed by atoms with Crippen molar-refractivity contribution in [1.29, 1.82) is 0 Å². The summed E-state index contributed by atoms with van der Waals surface area (Å²) in [7, 11) is 0. The fraction of sp³-hybridized carbons (Fsp3) is 0.217. The van der Waals surface area contributed by atoms with Gasteiger partial charge in [0.25, 0.3) is 0 Å². The number of nitrogens with one attached hydrogen (secondary N) is 1. The van der Waals surface area contributed by atoms with Crippen LogP contribution in [0.15, 0.2) is 73.3 Å². The molecule has 1 fully saturated rings. The Morgan fingerprint density at radius 2 is 1.62 bits per heavy atom. The number of benzene rings is 2. The molecule has 0 bridgehead atoms. The maximum atomic E-state index is 14.1. The number of halogens is 1. The molecule has 148 valence electrons. The van der Waals surface area contributed by atoms with Crippen LogP contribution in [0.4, 0.5) is 21.8 Å². The van der Waals surface area contributed by atoms with Crippen molar-refractivity contribution in [2.24, 2.45) is 0 Å². The van der Waals surface area contributed by atoms with Crippen molar-refractivity contribution >= 4 is 17.5 Å². The third-order valence-corrected chi connectivity index (χ3v) is 4.97. The molecule has 1 aliphatic rings. The second kappa shape index (κ2) is 8.73. The molecule has 0 unspecified atom stereocenters. The molecule has 1 aliphatic heterocycles. The summed E-state index contributed by atoms with van der Waals surface area (Å²) in [6, 6.07) is 19.0. The van der Waals surface area contributed by atoms with Crippen LogP contribution in [0.25, 0.3) is 11.3 Å². The van der Waals surface area contributed by atoms with E-state index in [0.717, 1.165) is 43.3 Å². The van der Waals surface area contributed by atoms with Crippen molar-refractivity contribution in [2.45, 2.75) is 0 Å². The first-order valence-electron chi connectivity index (χ1n) is 9.78. The SMILES string of the molecule is C=CCNc1cc(-c2ccccc2)nc(N2CCN(c3ccccc3F)CC2)n1. The third-order valence-electron chi connectivity index (χ3n) is 4.97. The number of piperazine rings is 1. The molecule has 1 saturated heterocycles. The van der Waals surface area contributed by atoms with Crippen molar-refractivity contribution < 1.29 is 4.39 Å². The van der Waals surface area contributed by atoms with Crippen molar-refractivity contribution in [3.8, 4) is 11.3 Å².